The molecule has 1 heterocycles. The van der Waals surface area contributed by atoms with Crippen LogP contribution in [0.2, 0.25) is 0 Å². The number of methoxy groups -OCH3 is 1. The molecule has 19 heavy (non-hydrogen) atoms. The summed E-state index contributed by atoms with van der Waals surface area (Å²) < 4.78 is 10.9. The van der Waals surface area contributed by atoms with Crippen LogP contribution < -0.4 is 15.2 Å². The van der Waals surface area contributed by atoms with E-state index in [0.717, 1.165) is 29.8 Å². The maximum atomic E-state index is 5.77. The van der Waals surface area contributed by atoms with Crippen molar-refractivity contribution in [2.75, 3.05) is 12.8 Å². The molecule has 3 rings (SSSR count). The summed E-state index contributed by atoms with van der Waals surface area (Å²) in [6.07, 6.45) is 2.65. The second-order valence-corrected chi connectivity index (χ2v) is 4.50. The molecular formula is C14H15N3O2. The van der Waals surface area contributed by atoms with Crippen LogP contribution in [0.25, 0.3) is 11.3 Å². The molecule has 98 valence electrons. The monoisotopic (exact) mass is 257 g/mol. The minimum atomic E-state index is 0.197. The van der Waals surface area contributed by atoms with Crippen molar-refractivity contribution in [2.24, 2.45) is 0 Å². The van der Waals surface area contributed by atoms with Gasteiger partial charge in [-0.1, -0.05) is 12.1 Å². The quantitative estimate of drug-likeness (QED) is 0.909. The van der Waals surface area contributed by atoms with Crippen molar-refractivity contribution in [3.8, 4) is 22.9 Å². The number of rotatable bonds is 4. The lowest BCUT2D eigenvalue weighted by Crippen LogP contribution is -2.00. The highest BCUT2D eigenvalue weighted by molar-refractivity contribution is 5.63. The third-order valence-corrected chi connectivity index (χ3v) is 2.89. The topological polar surface area (TPSA) is 70.3 Å². The number of hydrogen-bond acceptors (Lipinski definition) is 5. The summed E-state index contributed by atoms with van der Waals surface area (Å²) in [4.78, 5) is 8.19. The Balaban J connectivity index is 1.93. The van der Waals surface area contributed by atoms with Crippen molar-refractivity contribution in [3.05, 3.63) is 30.3 Å². The van der Waals surface area contributed by atoms with Crippen LogP contribution in [0, 0.1) is 0 Å². The van der Waals surface area contributed by atoms with Crippen molar-refractivity contribution in [1.29, 1.82) is 0 Å². The highest BCUT2D eigenvalue weighted by atomic mass is 16.5. The summed E-state index contributed by atoms with van der Waals surface area (Å²) in [5, 5.41) is 0. The minimum Gasteiger partial charge on any atom is -0.490 e. The van der Waals surface area contributed by atoms with Crippen LogP contribution in [-0.2, 0) is 0 Å². The number of nitrogens with zero attached hydrogens (tertiary/aromatic N) is 2. The van der Waals surface area contributed by atoms with Crippen molar-refractivity contribution in [2.45, 2.75) is 18.9 Å². The normalized spacial score (nSPS) is 14.2. The van der Waals surface area contributed by atoms with Crippen LogP contribution in [0.4, 0.5) is 5.95 Å². The van der Waals surface area contributed by atoms with Crippen LogP contribution in [0.15, 0.2) is 30.3 Å². The van der Waals surface area contributed by atoms with Gasteiger partial charge < -0.3 is 15.2 Å². The fourth-order valence-electron chi connectivity index (χ4n) is 1.80. The number of anilines is 1. The number of nitrogens with two attached hydrogens (primary N) is 1. The van der Waals surface area contributed by atoms with Gasteiger partial charge >= 0.3 is 0 Å². The Bertz CT molecular complexity index is 597. The van der Waals surface area contributed by atoms with E-state index in [4.69, 9.17) is 15.2 Å². The minimum absolute atomic E-state index is 0.197. The van der Waals surface area contributed by atoms with E-state index < -0.39 is 0 Å². The third-order valence-electron chi connectivity index (χ3n) is 2.89. The van der Waals surface area contributed by atoms with Gasteiger partial charge in [-0.15, -0.1) is 0 Å². The van der Waals surface area contributed by atoms with Gasteiger partial charge in [-0.05, 0) is 25.0 Å². The molecule has 2 N–H and O–H groups in total. The zero-order valence-corrected chi connectivity index (χ0v) is 10.7. The summed E-state index contributed by atoms with van der Waals surface area (Å²) >= 11 is 0. The lowest BCUT2D eigenvalue weighted by Gasteiger charge is -2.08. The predicted octanol–water partition coefficient (Wildman–Crippen LogP) is 2.28. The molecule has 1 aliphatic rings. The fraction of sp³-hybridized carbons (Fsp3) is 0.286. The molecule has 1 aromatic heterocycles. The molecule has 5 nitrogen and oxygen atoms in total. The molecule has 0 radical (unpaired) electrons. The first-order chi connectivity index (χ1) is 9.24. The smallest absolute Gasteiger partial charge is 0.223 e. The van der Waals surface area contributed by atoms with Crippen molar-refractivity contribution in [3.63, 3.8) is 0 Å². The maximum absolute atomic E-state index is 5.77. The standard InChI is InChI=1S/C14H15N3O2/c1-18-13-8-12(16-14(15)17-13)9-3-2-4-11(7-9)19-10-5-6-10/h2-4,7-8,10H,5-6H2,1H3,(H2,15,16,17). The number of ether oxygens (including phenoxy) is 2. The lowest BCUT2D eigenvalue weighted by atomic mass is 10.1. The molecule has 5 heteroatoms. The van der Waals surface area contributed by atoms with Gasteiger partial charge in [0.05, 0.1) is 18.9 Å². The van der Waals surface area contributed by atoms with Gasteiger partial charge in [-0.2, -0.15) is 4.98 Å². The van der Waals surface area contributed by atoms with Gasteiger partial charge in [0.2, 0.25) is 11.8 Å². The SMILES string of the molecule is COc1cc(-c2cccc(OC3CC3)c2)nc(N)n1. The van der Waals surface area contributed by atoms with Gasteiger partial charge in [-0.25, -0.2) is 4.98 Å². The van der Waals surface area contributed by atoms with Gasteiger partial charge in [0.1, 0.15) is 5.75 Å². The highest BCUT2D eigenvalue weighted by Gasteiger charge is 2.23. The fourth-order valence-corrected chi connectivity index (χ4v) is 1.80. The zero-order valence-electron chi connectivity index (χ0n) is 10.7. The van der Waals surface area contributed by atoms with Crippen LogP contribution >= 0.6 is 0 Å². The highest BCUT2D eigenvalue weighted by Crippen LogP contribution is 2.30. The first kappa shape index (κ1) is 11.8. The Morgan fingerprint density at radius 2 is 2.05 bits per heavy atom. The van der Waals surface area contributed by atoms with Crippen LogP contribution in [0.3, 0.4) is 0 Å². The molecule has 0 spiro atoms. The maximum Gasteiger partial charge on any atom is 0.223 e. The van der Waals surface area contributed by atoms with E-state index in [1.807, 2.05) is 24.3 Å². The number of benzene rings is 1. The Morgan fingerprint density at radius 3 is 2.79 bits per heavy atom. The van der Waals surface area contributed by atoms with Crippen LogP contribution in [0.5, 0.6) is 11.6 Å². The van der Waals surface area contributed by atoms with E-state index in [9.17, 15) is 0 Å². The molecule has 0 bridgehead atoms. The average molecular weight is 257 g/mol. The molecule has 0 saturated heterocycles. The molecule has 1 saturated carbocycles. The Kier molecular flexibility index (Phi) is 2.95. The summed E-state index contributed by atoms with van der Waals surface area (Å²) in [7, 11) is 1.55. The third kappa shape index (κ3) is 2.76. The molecule has 0 unspecified atom stereocenters. The summed E-state index contributed by atoms with van der Waals surface area (Å²) in [5.41, 5.74) is 7.33. The van der Waals surface area contributed by atoms with Crippen molar-refractivity contribution < 1.29 is 9.47 Å². The number of aromatic nitrogens is 2. The molecule has 0 amide bonds. The molecule has 1 aliphatic carbocycles. The van der Waals surface area contributed by atoms with Crippen LogP contribution in [-0.4, -0.2) is 23.2 Å². The van der Waals surface area contributed by atoms with E-state index in [0.29, 0.717) is 12.0 Å². The summed E-state index contributed by atoms with van der Waals surface area (Å²) in [5.74, 6) is 1.51. The second-order valence-electron chi connectivity index (χ2n) is 4.50. The Hall–Kier alpha value is -2.30. The zero-order chi connectivity index (χ0) is 13.2. The first-order valence-corrected chi connectivity index (χ1v) is 6.20. The van der Waals surface area contributed by atoms with Gasteiger partial charge in [-0.3, -0.25) is 0 Å². The molecule has 1 fully saturated rings. The Labute approximate surface area is 111 Å². The first-order valence-electron chi connectivity index (χ1n) is 6.20. The predicted molar refractivity (Wildman–Crippen MR) is 72.1 cm³/mol. The molecule has 0 atom stereocenters. The van der Waals surface area contributed by atoms with Crippen molar-refractivity contribution in [1.82, 2.24) is 9.97 Å². The summed E-state index contributed by atoms with van der Waals surface area (Å²) in [6, 6.07) is 9.56. The van der Waals surface area contributed by atoms with E-state index in [1.165, 1.54) is 0 Å². The molecule has 0 aliphatic heterocycles. The average Bonchev–Trinajstić information content (AvgIpc) is 3.22. The van der Waals surface area contributed by atoms with E-state index in [2.05, 4.69) is 9.97 Å². The van der Waals surface area contributed by atoms with Gasteiger partial charge in [0.25, 0.3) is 0 Å². The Morgan fingerprint density at radius 1 is 1.21 bits per heavy atom. The molecule has 1 aromatic carbocycles. The number of nitrogen functional groups attached to an aromatic ring is 1. The van der Waals surface area contributed by atoms with Crippen molar-refractivity contribution >= 4 is 5.95 Å². The van der Waals surface area contributed by atoms with Crippen LogP contribution in [0.1, 0.15) is 12.8 Å². The lowest BCUT2D eigenvalue weighted by molar-refractivity contribution is 0.303. The largest absolute Gasteiger partial charge is 0.490 e. The van der Waals surface area contributed by atoms with E-state index >= 15 is 0 Å². The van der Waals surface area contributed by atoms with E-state index in [-0.39, 0.29) is 5.95 Å². The second kappa shape index (κ2) is 4.76. The molecule has 2 aromatic rings. The molecular weight excluding hydrogens is 242 g/mol. The van der Waals surface area contributed by atoms with E-state index in [1.54, 1.807) is 13.2 Å². The van der Waals surface area contributed by atoms with Gasteiger partial charge in [0.15, 0.2) is 0 Å². The van der Waals surface area contributed by atoms with Gasteiger partial charge in [0, 0.05) is 11.6 Å². The summed E-state index contributed by atoms with van der Waals surface area (Å²) in [6.45, 7) is 0. The number of hydrogen-bond donors (Lipinski definition) is 1.